The molecular formula is C24H27N3O2S. The van der Waals surface area contributed by atoms with Gasteiger partial charge in [-0.25, -0.2) is 4.98 Å². The second-order valence-electron chi connectivity index (χ2n) is 8.11. The largest absolute Gasteiger partial charge is 0.352 e. The summed E-state index contributed by atoms with van der Waals surface area (Å²) in [6.07, 6.45) is 4.62. The quantitative estimate of drug-likeness (QED) is 0.487. The van der Waals surface area contributed by atoms with E-state index in [-0.39, 0.29) is 23.3 Å². The van der Waals surface area contributed by atoms with Gasteiger partial charge < -0.3 is 5.32 Å². The van der Waals surface area contributed by atoms with Crippen molar-refractivity contribution in [1.82, 2.24) is 14.9 Å². The molecule has 2 unspecified atom stereocenters. The Kier molecular flexibility index (Phi) is 6.23. The van der Waals surface area contributed by atoms with Gasteiger partial charge in [0.25, 0.3) is 5.56 Å². The van der Waals surface area contributed by atoms with Crippen molar-refractivity contribution in [2.75, 3.05) is 5.75 Å². The number of hydrogen-bond donors (Lipinski definition) is 1. The topological polar surface area (TPSA) is 64.0 Å². The lowest BCUT2D eigenvalue weighted by Gasteiger charge is -2.29. The first-order chi connectivity index (χ1) is 14.5. The van der Waals surface area contributed by atoms with E-state index in [2.05, 4.69) is 12.2 Å². The van der Waals surface area contributed by atoms with Gasteiger partial charge in [0, 0.05) is 6.04 Å². The number of benzene rings is 2. The molecule has 0 bridgehead atoms. The van der Waals surface area contributed by atoms with E-state index >= 15 is 0 Å². The van der Waals surface area contributed by atoms with Gasteiger partial charge >= 0.3 is 0 Å². The number of para-hydroxylation sites is 1. The van der Waals surface area contributed by atoms with E-state index in [1.807, 2.05) is 49.4 Å². The van der Waals surface area contributed by atoms with Gasteiger partial charge in [-0.05, 0) is 49.9 Å². The zero-order valence-electron chi connectivity index (χ0n) is 17.4. The smallest absolute Gasteiger partial charge is 0.266 e. The Balaban J connectivity index is 1.62. The van der Waals surface area contributed by atoms with Crippen molar-refractivity contribution < 1.29 is 4.79 Å². The molecule has 0 saturated heterocycles. The fraction of sp³-hybridized carbons (Fsp3) is 0.375. The molecule has 0 spiro atoms. The second-order valence-corrected chi connectivity index (χ2v) is 9.05. The van der Waals surface area contributed by atoms with E-state index in [1.165, 1.54) is 24.6 Å². The molecule has 5 nitrogen and oxygen atoms in total. The molecule has 30 heavy (non-hydrogen) atoms. The summed E-state index contributed by atoms with van der Waals surface area (Å²) in [6, 6.07) is 15.4. The molecule has 0 aliphatic heterocycles. The molecule has 156 valence electrons. The molecular weight excluding hydrogens is 394 g/mol. The first kappa shape index (κ1) is 20.7. The van der Waals surface area contributed by atoms with Crippen LogP contribution in [0.15, 0.2) is 58.5 Å². The molecule has 1 N–H and O–H groups in total. The van der Waals surface area contributed by atoms with Crippen molar-refractivity contribution in [2.24, 2.45) is 5.92 Å². The number of carbonyl (C=O) groups excluding carboxylic acids is 1. The monoisotopic (exact) mass is 421 g/mol. The summed E-state index contributed by atoms with van der Waals surface area (Å²) < 4.78 is 1.61. The summed E-state index contributed by atoms with van der Waals surface area (Å²) in [7, 11) is 0. The Morgan fingerprint density at radius 3 is 2.63 bits per heavy atom. The number of carbonyl (C=O) groups is 1. The number of nitrogens with one attached hydrogen (secondary N) is 1. The number of nitrogens with zero attached hydrogens (tertiary/aromatic N) is 2. The van der Waals surface area contributed by atoms with Gasteiger partial charge in [-0.15, -0.1) is 0 Å². The molecule has 1 aliphatic carbocycles. The molecule has 6 heteroatoms. The van der Waals surface area contributed by atoms with Crippen LogP contribution in [0, 0.1) is 12.8 Å². The van der Waals surface area contributed by atoms with Gasteiger partial charge in [-0.3, -0.25) is 14.2 Å². The standard InChI is InChI=1S/C24H27N3O2S/c1-16-11-13-18(14-12-16)27-23(29)19-8-4-6-10-21(19)26-24(27)30-15-22(28)25-20-9-5-3-7-17(20)2/h4,6,8,10-14,17,20H,3,5,7,9,15H2,1-2H3,(H,25,28). The first-order valence-electron chi connectivity index (χ1n) is 10.5. The minimum absolute atomic E-state index is 0.00314. The fourth-order valence-corrected chi connectivity index (χ4v) is 4.86. The number of rotatable bonds is 5. The summed E-state index contributed by atoms with van der Waals surface area (Å²) in [5.41, 5.74) is 2.41. The molecule has 3 aromatic rings. The van der Waals surface area contributed by atoms with Crippen LogP contribution in [-0.2, 0) is 4.79 Å². The lowest BCUT2D eigenvalue weighted by molar-refractivity contribution is -0.119. The van der Waals surface area contributed by atoms with Gasteiger partial charge in [0.1, 0.15) is 0 Å². The third-order valence-corrected chi connectivity index (χ3v) is 6.77. The zero-order chi connectivity index (χ0) is 21.1. The number of aromatic nitrogens is 2. The summed E-state index contributed by atoms with van der Waals surface area (Å²) in [6.45, 7) is 4.22. The average molecular weight is 422 g/mol. The summed E-state index contributed by atoms with van der Waals surface area (Å²) in [4.78, 5) is 30.6. The number of amides is 1. The van der Waals surface area contributed by atoms with Crippen LogP contribution in [0.1, 0.15) is 38.2 Å². The fourth-order valence-electron chi connectivity index (χ4n) is 4.04. The highest BCUT2D eigenvalue weighted by atomic mass is 32.2. The molecule has 0 radical (unpaired) electrons. The van der Waals surface area contributed by atoms with E-state index in [4.69, 9.17) is 4.98 Å². The molecule has 1 amide bonds. The van der Waals surface area contributed by atoms with Crippen LogP contribution < -0.4 is 10.9 Å². The van der Waals surface area contributed by atoms with Crippen molar-refractivity contribution in [3.05, 3.63) is 64.4 Å². The highest BCUT2D eigenvalue weighted by Gasteiger charge is 2.23. The molecule has 2 atom stereocenters. The SMILES string of the molecule is Cc1ccc(-n2c(SCC(=O)NC3CCCCC3C)nc3ccccc3c2=O)cc1. The van der Waals surface area contributed by atoms with E-state index in [0.29, 0.717) is 22.0 Å². The predicted molar refractivity (Wildman–Crippen MR) is 122 cm³/mol. The van der Waals surface area contributed by atoms with E-state index in [1.54, 1.807) is 10.6 Å². The number of fused-ring (bicyclic) bond motifs is 1. The molecule has 2 aromatic carbocycles. The Labute approximate surface area is 180 Å². The van der Waals surface area contributed by atoms with Gasteiger partial charge in [-0.2, -0.15) is 0 Å². The van der Waals surface area contributed by atoms with Crippen molar-refractivity contribution in [2.45, 2.75) is 50.7 Å². The van der Waals surface area contributed by atoms with Crippen molar-refractivity contribution in [3.8, 4) is 5.69 Å². The van der Waals surface area contributed by atoms with Crippen LogP contribution in [0.2, 0.25) is 0 Å². The predicted octanol–water partition coefficient (Wildman–Crippen LogP) is 4.48. The highest BCUT2D eigenvalue weighted by molar-refractivity contribution is 7.99. The van der Waals surface area contributed by atoms with Crippen LogP contribution in [0.25, 0.3) is 16.6 Å². The maximum absolute atomic E-state index is 13.2. The molecule has 1 fully saturated rings. The summed E-state index contributed by atoms with van der Waals surface area (Å²) >= 11 is 1.31. The van der Waals surface area contributed by atoms with Crippen molar-refractivity contribution >= 4 is 28.6 Å². The normalized spacial score (nSPS) is 19.0. The van der Waals surface area contributed by atoms with Crippen molar-refractivity contribution in [1.29, 1.82) is 0 Å². The minimum Gasteiger partial charge on any atom is -0.352 e. The molecule has 1 saturated carbocycles. The molecule has 1 heterocycles. The summed E-state index contributed by atoms with van der Waals surface area (Å²) in [5.74, 6) is 0.744. The van der Waals surface area contributed by atoms with Crippen LogP contribution in [0.4, 0.5) is 0 Å². The van der Waals surface area contributed by atoms with Gasteiger partial charge in [0.15, 0.2) is 5.16 Å². The van der Waals surface area contributed by atoms with E-state index < -0.39 is 0 Å². The summed E-state index contributed by atoms with van der Waals surface area (Å²) in [5, 5.41) is 4.29. The van der Waals surface area contributed by atoms with Gasteiger partial charge in [-0.1, -0.05) is 61.4 Å². The maximum atomic E-state index is 13.2. The number of thioether (sulfide) groups is 1. The van der Waals surface area contributed by atoms with Crippen LogP contribution >= 0.6 is 11.8 Å². The lowest BCUT2D eigenvalue weighted by atomic mass is 9.86. The zero-order valence-corrected chi connectivity index (χ0v) is 18.2. The Hall–Kier alpha value is -2.60. The van der Waals surface area contributed by atoms with Gasteiger partial charge in [0.05, 0.1) is 22.3 Å². The second kappa shape index (κ2) is 9.04. The minimum atomic E-state index is -0.117. The lowest BCUT2D eigenvalue weighted by Crippen LogP contribution is -2.41. The Morgan fingerprint density at radius 2 is 1.87 bits per heavy atom. The third-order valence-electron chi connectivity index (χ3n) is 5.83. The third kappa shape index (κ3) is 4.43. The number of hydrogen-bond acceptors (Lipinski definition) is 4. The molecule has 4 rings (SSSR count). The highest BCUT2D eigenvalue weighted by Crippen LogP contribution is 2.25. The Bertz CT molecular complexity index is 1110. The van der Waals surface area contributed by atoms with Crippen LogP contribution in [-0.4, -0.2) is 27.3 Å². The number of aryl methyl sites for hydroxylation is 1. The maximum Gasteiger partial charge on any atom is 0.266 e. The average Bonchev–Trinajstić information content (AvgIpc) is 2.75. The van der Waals surface area contributed by atoms with Gasteiger partial charge in [0.2, 0.25) is 5.91 Å². The molecule has 1 aliphatic rings. The van der Waals surface area contributed by atoms with Crippen LogP contribution in [0.3, 0.4) is 0 Å². The first-order valence-corrected chi connectivity index (χ1v) is 11.5. The Morgan fingerprint density at radius 1 is 1.13 bits per heavy atom. The van der Waals surface area contributed by atoms with Crippen LogP contribution in [0.5, 0.6) is 0 Å². The van der Waals surface area contributed by atoms with Crippen molar-refractivity contribution in [3.63, 3.8) is 0 Å². The molecule has 1 aromatic heterocycles. The van der Waals surface area contributed by atoms with E-state index in [0.717, 1.165) is 24.1 Å². The van der Waals surface area contributed by atoms with E-state index in [9.17, 15) is 9.59 Å².